The molecule has 1 N–H and O–H groups in total. The number of benzene rings is 1. The Hall–Kier alpha value is -4.24. The van der Waals surface area contributed by atoms with Gasteiger partial charge in [-0.1, -0.05) is 24.3 Å². The molecule has 1 unspecified atom stereocenters. The van der Waals surface area contributed by atoms with E-state index in [2.05, 4.69) is 38.5 Å². The predicted octanol–water partition coefficient (Wildman–Crippen LogP) is 4.87. The number of nitrogens with zero attached hydrogens (tertiary/aromatic N) is 4. The molecule has 0 aliphatic rings. The van der Waals surface area contributed by atoms with Crippen molar-refractivity contribution in [1.82, 2.24) is 15.0 Å². The van der Waals surface area contributed by atoms with Gasteiger partial charge >= 0.3 is 0 Å². The van der Waals surface area contributed by atoms with Crippen LogP contribution in [0.25, 0.3) is 0 Å². The highest BCUT2D eigenvalue weighted by Crippen LogP contribution is 2.32. The molecule has 0 aliphatic carbocycles. The van der Waals surface area contributed by atoms with Crippen LogP contribution in [0, 0.1) is 11.3 Å². The van der Waals surface area contributed by atoms with Gasteiger partial charge in [0.15, 0.2) is 0 Å². The van der Waals surface area contributed by atoms with Crippen LogP contribution in [0.15, 0.2) is 85.5 Å². The summed E-state index contributed by atoms with van der Waals surface area (Å²) in [5, 5.41) is 12.5. The van der Waals surface area contributed by atoms with Gasteiger partial charge in [-0.05, 0) is 59.5 Å². The molecular weight excluding hydrogens is 386 g/mol. The Bertz CT molecular complexity index is 1190. The third-order valence-electron chi connectivity index (χ3n) is 5.06. The van der Waals surface area contributed by atoms with Crippen molar-refractivity contribution >= 4 is 11.5 Å². The Morgan fingerprint density at radius 2 is 1.71 bits per heavy atom. The number of nitrogens with one attached hydrogen (secondary N) is 1. The number of methoxy groups -OCH3 is 1. The van der Waals surface area contributed by atoms with Gasteiger partial charge in [0.1, 0.15) is 11.5 Å². The molecule has 3 aromatic heterocycles. The molecule has 0 spiro atoms. The predicted molar refractivity (Wildman–Crippen MR) is 119 cm³/mol. The van der Waals surface area contributed by atoms with E-state index in [1.54, 1.807) is 25.7 Å². The number of hydrogen-bond acceptors (Lipinski definition) is 6. The zero-order valence-corrected chi connectivity index (χ0v) is 17.1. The zero-order chi connectivity index (χ0) is 21.5. The molecule has 0 amide bonds. The lowest BCUT2D eigenvalue weighted by Crippen LogP contribution is -2.09. The average molecular weight is 407 g/mol. The standard InChI is InChI=1S/C25H21N5O/c1-31-25-23(7-4-14-29-25)30-24-20(5-3-13-28-24)15-22(21-6-2-12-27-17-21)19-10-8-18(16-26)9-11-19/h2-14,17,22H,15H2,1H3,(H,28,30). The summed E-state index contributed by atoms with van der Waals surface area (Å²) in [7, 11) is 1.59. The summed E-state index contributed by atoms with van der Waals surface area (Å²) in [5.74, 6) is 1.31. The minimum atomic E-state index is 0.0574. The molecule has 1 atom stereocenters. The Morgan fingerprint density at radius 3 is 2.45 bits per heavy atom. The molecule has 3 heterocycles. The van der Waals surface area contributed by atoms with E-state index in [4.69, 9.17) is 10.00 Å². The molecule has 0 saturated heterocycles. The molecule has 0 fully saturated rings. The molecule has 4 rings (SSSR count). The van der Waals surface area contributed by atoms with E-state index >= 15 is 0 Å². The number of hydrogen-bond donors (Lipinski definition) is 1. The fourth-order valence-electron chi connectivity index (χ4n) is 3.51. The maximum absolute atomic E-state index is 9.15. The van der Waals surface area contributed by atoms with Gasteiger partial charge in [0, 0.05) is 30.7 Å². The second kappa shape index (κ2) is 9.51. The first kappa shape index (κ1) is 20.0. The monoisotopic (exact) mass is 407 g/mol. The summed E-state index contributed by atoms with van der Waals surface area (Å²) >= 11 is 0. The molecule has 4 aromatic rings. The van der Waals surface area contributed by atoms with Crippen molar-refractivity contribution in [2.24, 2.45) is 0 Å². The normalized spacial score (nSPS) is 11.4. The summed E-state index contributed by atoms with van der Waals surface area (Å²) in [6, 6.07) is 21.6. The van der Waals surface area contributed by atoms with Gasteiger partial charge in [-0.25, -0.2) is 9.97 Å². The summed E-state index contributed by atoms with van der Waals surface area (Å²) in [4.78, 5) is 13.1. The van der Waals surface area contributed by atoms with Crippen molar-refractivity contribution in [3.8, 4) is 11.9 Å². The van der Waals surface area contributed by atoms with Gasteiger partial charge in [-0.15, -0.1) is 0 Å². The first-order chi connectivity index (χ1) is 15.3. The minimum Gasteiger partial charge on any atom is -0.480 e. The molecule has 0 aliphatic heterocycles. The highest BCUT2D eigenvalue weighted by atomic mass is 16.5. The van der Waals surface area contributed by atoms with E-state index in [1.165, 1.54) is 0 Å². The fraction of sp³-hybridized carbons (Fsp3) is 0.120. The van der Waals surface area contributed by atoms with E-state index in [-0.39, 0.29) is 5.92 Å². The van der Waals surface area contributed by atoms with Crippen LogP contribution in [-0.2, 0) is 6.42 Å². The Labute approximate surface area is 181 Å². The third-order valence-corrected chi connectivity index (χ3v) is 5.06. The van der Waals surface area contributed by atoms with Gasteiger partial charge in [0.2, 0.25) is 5.88 Å². The molecule has 0 saturated carbocycles. The van der Waals surface area contributed by atoms with Crippen molar-refractivity contribution in [3.63, 3.8) is 0 Å². The molecule has 152 valence electrons. The molecule has 6 heteroatoms. The number of aromatic nitrogens is 3. The van der Waals surface area contributed by atoms with E-state index in [9.17, 15) is 0 Å². The van der Waals surface area contributed by atoms with Crippen LogP contribution < -0.4 is 10.1 Å². The third kappa shape index (κ3) is 4.68. The second-order valence-electron chi connectivity index (χ2n) is 6.97. The first-order valence-electron chi connectivity index (χ1n) is 9.88. The van der Waals surface area contributed by atoms with Crippen molar-refractivity contribution in [2.45, 2.75) is 12.3 Å². The van der Waals surface area contributed by atoms with Crippen molar-refractivity contribution in [1.29, 1.82) is 5.26 Å². The summed E-state index contributed by atoms with van der Waals surface area (Å²) in [6.45, 7) is 0. The van der Waals surface area contributed by atoms with E-state index in [1.807, 2.05) is 54.7 Å². The Balaban J connectivity index is 1.70. The molecular formula is C25H21N5O. The number of nitriles is 1. The van der Waals surface area contributed by atoms with Crippen LogP contribution in [0.5, 0.6) is 5.88 Å². The molecule has 0 radical (unpaired) electrons. The second-order valence-corrected chi connectivity index (χ2v) is 6.97. The van der Waals surface area contributed by atoms with E-state index < -0.39 is 0 Å². The van der Waals surface area contributed by atoms with Crippen molar-refractivity contribution in [2.75, 3.05) is 12.4 Å². The van der Waals surface area contributed by atoms with Crippen LogP contribution >= 0.6 is 0 Å². The van der Waals surface area contributed by atoms with Crippen LogP contribution in [0.1, 0.15) is 28.2 Å². The Kier molecular flexibility index (Phi) is 6.15. The summed E-state index contributed by atoms with van der Waals surface area (Å²) in [5.41, 5.74) is 4.65. The van der Waals surface area contributed by atoms with Gasteiger partial charge in [0.05, 0.1) is 18.7 Å². The molecule has 0 bridgehead atoms. The fourth-order valence-corrected chi connectivity index (χ4v) is 3.51. The first-order valence-corrected chi connectivity index (χ1v) is 9.88. The Morgan fingerprint density at radius 1 is 0.935 bits per heavy atom. The van der Waals surface area contributed by atoms with Crippen molar-refractivity contribution < 1.29 is 4.74 Å². The lowest BCUT2D eigenvalue weighted by atomic mass is 9.86. The van der Waals surface area contributed by atoms with Gasteiger partial charge < -0.3 is 10.1 Å². The molecule has 6 nitrogen and oxygen atoms in total. The lowest BCUT2D eigenvalue weighted by Gasteiger charge is -2.20. The topological polar surface area (TPSA) is 83.7 Å². The largest absolute Gasteiger partial charge is 0.480 e. The maximum Gasteiger partial charge on any atom is 0.237 e. The van der Waals surface area contributed by atoms with Gasteiger partial charge in [-0.3, -0.25) is 4.98 Å². The van der Waals surface area contributed by atoms with Crippen molar-refractivity contribution in [3.05, 3.63) is 108 Å². The molecule has 1 aromatic carbocycles. The summed E-state index contributed by atoms with van der Waals surface area (Å²) in [6.07, 6.45) is 7.81. The average Bonchev–Trinajstić information content (AvgIpc) is 2.84. The van der Waals surface area contributed by atoms with E-state index in [0.29, 0.717) is 17.9 Å². The van der Waals surface area contributed by atoms with Crippen LogP contribution in [0.3, 0.4) is 0 Å². The maximum atomic E-state index is 9.15. The highest BCUT2D eigenvalue weighted by Gasteiger charge is 2.18. The molecule has 31 heavy (non-hydrogen) atoms. The lowest BCUT2D eigenvalue weighted by molar-refractivity contribution is 0.400. The van der Waals surface area contributed by atoms with Gasteiger partial charge in [-0.2, -0.15) is 5.26 Å². The van der Waals surface area contributed by atoms with Gasteiger partial charge in [0.25, 0.3) is 0 Å². The number of pyridine rings is 3. The van der Waals surface area contributed by atoms with Crippen LogP contribution in [0.2, 0.25) is 0 Å². The SMILES string of the molecule is COc1ncccc1Nc1ncccc1CC(c1ccc(C#N)cc1)c1cccnc1. The highest BCUT2D eigenvalue weighted by molar-refractivity contribution is 5.64. The smallest absolute Gasteiger partial charge is 0.237 e. The number of anilines is 2. The zero-order valence-electron chi connectivity index (χ0n) is 17.1. The summed E-state index contributed by atoms with van der Waals surface area (Å²) < 4.78 is 5.36. The number of rotatable bonds is 7. The quantitative estimate of drug-likeness (QED) is 0.470. The van der Waals surface area contributed by atoms with E-state index in [0.717, 1.165) is 28.2 Å². The van der Waals surface area contributed by atoms with Crippen LogP contribution in [-0.4, -0.2) is 22.1 Å². The van der Waals surface area contributed by atoms with Crippen LogP contribution in [0.4, 0.5) is 11.5 Å². The number of ether oxygens (including phenoxy) is 1. The minimum absolute atomic E-state index is 0.0574.